The van der Waals surface area contributed by atoms with E-state index in [1.54, 1.807) is 0 Å². The van der Waals surface area contributed by atoms with E-state index in [1.165, 1.54) is 30.4 Å². The molecular weight excluding hydrogens is 222 g/mol. The molecule has 0 bridgehead atoms. The Hall–Kier alpha value is -1.02. The van der Waals surface area contributed by atoms with Gasteiger partial charge in [0.1, 0.15) is 5.75 Å². The number of aromatic hydroxyl groups is 1. The third-order valence-electron chi connectivity index (χ3n) is 3.55. The summed E-state index contributed by atoms with van der Waals surface area (Å²) in [5, 5.41) is 13.4. The Bertz CT molecular complexity index is 385. The van der Waals surface area contributed by atoms with Gasteiger partial charge in [0, 0.05) is 0 Å². The molecule has 0 amide bonds. The van der Waals surface area contributed by atoms with Crippen LogP contribution in [-0.4, -0.2) is 18.2 Å². The van der Waals surface area contributed by atoms with Gasteiger partial charge in [-0.3, -0.25) is 0 Å². The molecule has 1 rings (SSSR count). The molecule has 0 unspecified atom stereocenters. The zero-order chi connectivity index (χ0) is 13.5. The van der Waals surface area contributed by atoms with Crippen LogP contribution in [0.4, 0.5) is 0 Å². The maximum Gasteiger partial charge on any atom is 0.121 e. The highest BCUT2D eigenvalue weighted by Gasteiger charge is 2.09. The number of unbranched alkanes of at least 4 members (excludes halogenated alkanes) is 1. The molecular formula is C16H27NO. The fraction of sp³-hybridized carbons (Fsp3) is 0.625. The van der Waals surface area contributed by atoms with Crippen LogP contribution in [0.5, 0.6) is 5.75 Å². The molecule has 0 atom stereocenters. The molecule has 0 spiro atoms. The van der Waals surface area contributed by atoms with Crippen LogP contribution in [0.2, 0.25) is 0 Å². The van der Waals surface area contributed by atoms with Crippen LogP contribution in [0.1, 0.15) is 48.4 Å². The number of rotatable bonds is 7. The van der Waals surface area contributed by atoms with Crippen molar-refractivity contribution in [3.8, 4) is 5.75 Å². The number of phenols is 1. The van der Waals surface area contributed by atoms with Crippen LogP contribution in [-0.2, 0) is 6.42 Å². The summed E-state index contributed by atoms with van der Waals surface area (Å²) >= 11 is 0. The van der Waals surface area contributed by atoms with Gasteiger partial charge in [-0.1, -0.05) is 13.0 Å². The van der Waals surface area contributed by atoms with E-state index in [0.717, 1.165) is 30.6 Å². The van der Waals surface area contributed by atoms with Crippen LogP contribution in [0.3, 0.4) is 0 Å². The van der Waals surface area contributed by atoms with Crippen LogP contribution in [0, 0.1) is 20.8 Å². The SMILES string of the molecule is CCCNCCCCc1c(C)cc(C)c(O)c1C. The highest BCUT2D eigenvalue weighted by molar-refractivity contribution is 5.48. The molecule has 0 aliphatic carbocycles. The van der Waals surface area contributed by atoms with Crippen molar-refractivity contribution in [1.29, 1.82) is 0 Å². The maximum atomic E-state index is 9.97. The Morgan fingerprint density at radius 1 is 1.06 bits per heavy atom. The van der Waals surface area contributed by atoms with Gasteiger partial charge >= 0.3 is 0 Å². The molecule has 0 aromatic heterocycles. The fourth-order valence-electron chi connectivity index (χ4n) is 2.45. The first kappa shape index (κ1) is 15.0. The summed E-state index contributed by atoms with van der Waals surface area (Å²) in [5.41, 5.74) is 4.69. The topological polar surface area (TPSA) is 32.3 Å². The van der Waals surface area contributed by atoms with E-state index < -0.39 is 0 Å². The minimum Gasteiger partial charge on any atom is -0.507 e. The Morgan fingerprint density at radius 2 is 1.78 bits per heavy atom. The third-order valence-corrected chi connectivity index (χ3v) is 3.55. The van der Waals surface area contributed by atoms with Crippen molar-refractivity contribution in [2.24, 2.45) is 0 Å². The normalized spacial score (nSPS) is 10.9. The van der Waals surface area contributed by atoms with Gasteiger partial charge in [0.05, 0.1) is 0 Å². The summed E-state index contributed by atoms with van der Waals surface area (Å²) in [6, 6.07) is 2.09. The minimum absolute atomic E-state index is 0.472. The van der Waals surface area contributed by atoms with Gasteiger partial charge in [0.15, 0.2) is 0 Å². The lowest BCUT2D eigenvalue weighted by molar-refractivity contribution is 0.465. The molecule has 0 saturated carbocycles. The quantitative estimate of drug-likeness (QED) is 0.723. The molecule has 0 saturated heterocycles. The predicted octanol–water partition coefficient (Wildman–Crippen LogP) is 3.64. The van der Waals surface area contributed by atoms with Crippen LogP contribution >= 0.6 is 0 Å². The van der Waals surface area contributed by atoms with Gasteiger partial charge in [0.25, 0.3) is 0 Å². The molecule has 0 fully saturated rings. The highest BCUT2D eigenvalue weighted by atomic mass is 16.3. The summed E-state index contributed by atoms with van der Waals surface area (Å²) < 4.78 is 0. The van der Waals surface area contributed by atoms with Gasteiger partial charge in [-0.05, 0) is 81.8 Å². The van der Waals surface area contributed by atoms with E-state index in [-0.39, 0.29) is 0 Å². The van der Waals surface area contributed by atoms with Gasteiger partial charge in [0.2, 0.25) is 0 Å². The molecule has 0 heterocycles. The Labute approximate surface area is 111 Å². The Morgan fingerprint density at radius 3 is 2.44 bits per heavy atom. The molecule has 102 valence electrons. The lowest BCUT2D eigenvalue weighted by atomic mass is 9.94. The van der Waals surface area contributed by atoms with Gasteiger partial charge in [-0.15, -0.1) is 0 Å². The monoisotopic (exact) mass is 249 g/mol. The van der Waals surface area contributed by atoms with E-state index in [1.807, 2.05) is 13.8 Å². The lowest BCUT2D eigenvalue weighted by Crippen LogP contribution is -2.16. The number of nitrogens with one attached hydrogen (secondary N) is 1. The number of aryl methyl sites for hydroxylation is 2. The lowest BCUT2D eigenvalue weighted by Gasteiger charge is -2.13. The predicted molar refractivity (Wildman–Crippen MR) is 78.4 cm³/mol. The highest BCUT2D eigenvalue weighted by Crippen LogP contribution is 2.28. The zero-order valence-electron chi connectivity index (χ0n) is 12.3. The molecule has 2 heteroatoms. The average molecular weight is 249 g/mol. The summed E-state index contributed by atoms with van der Waals surface area (Å²) in [4.78, 5) is 0. The smallest absolute Gasteiger partial charge is 0.121 e. The van der Waals surface area contributed by atoms with Gasteiger partial charge < -0.3 is 10.4 Å². The first-order valence-corrected chi connectivity index (χ1v) is 7.07. The van der Waals surface area contributed by atoms with Crippen LogP contribution in [0.15, 0.2) is 6.07 Å². The van der Waals surface area contributed by atoms with Crippen LogP contribution < -0.4 is 5.32 Å². The number of hydrogen-bond donors (Lipinski definition) is 2. The second-order valence-electron chi connectivity index (χ2n) is 5.17. The maximum absolute atomic E-state index is 9.97. The summed E-state index contributed by atoms with van der Waals surface area (Å²) in [6.07, 6.45) is 4.65. The van der Waals surface area contributed by atoms with Crippen LogP contribution in [0.25, 0.3) is 0 Å². The van der Waals surface area contributed by atoms with Crippen molar-refractivity contribution in [3.63, 3.8) is 0 Å². The Balaban J connectivity index is 2.50. The fourth-order valence-corrected chi connectivity index (χ4v) is 2.45. The van der Waals surface area contributed by atoms with E-state index >= 15 is 0 Å². The first-order valence-electron chi connectivity index (χ1n) is 7.07. The number of hydrogen-bond acceptors (Lipinski definition) is 2. The molecule has 0 radical (unpaired) electrons. The largest absolute Gasteiger partial charge is 0.507 e. The zero-order valence-corrected chi connectivity index (χ0v) is 12.3. The Kier molecular flexibility index (Phi) is 6.20. The molecule has 1 aromatic carbocycles. The van der Waals surface area contributed by atoms with Crippen molar-refractivity contribution < 1.29 is 5.11 Å². The minimum atomic E-state index is 0.472. The van der Waals surface area contributed by atoms with Crippen molar-refractivity contribution in [2.75, 3.05) is 13.1 Å². The molecule has 2 nitrogen and oxygen atoms in total. The van der Waals surface area contributed by atoms with Crippen molar-refractivity contribution in [3.05, 3.63) is 28.3 Å². The average Bonchev–Trinajstić information content (AvgIpc) is 2.34. The number of phenolic OH excluding ortho intramolecular Hbond substituents is 1. The molecule has 1 aromatic rings. The van der Waals surface area contributed by atoms with Crippen molar-refractivity contribution in [2.45, 2.75) is 53.4 Å². The molecule has 0 aliphatic rings. The summed E-state index contributed by atoms with van der Waals surface area (Å²) in [5.74, 6) is 0.472. The molecule has 2 N–H and O–H groups in total. The van der Waals surface area contributed by atoms with Gasteiger partial charge in [-0.25, -0.2) is 0 Å². The van der Waals surface area contributed by atoms with Gasteiger partial charge in [-0.2, -0.15) is 0 Å². The summed E-state index contributed by atoms with van der Waals surface area (Å²) in [6.45, 7) is 10.5. The summed E-state index contributed by atoms with van der Waals surface area (Å²) in [7, 11) is 0. The van der Waals surface area contributed by atoms with E-state index in [9.17, 15) is 5.11 Å². The first-order chi connectivity index (χ1) is 8.57. The van der Waals surface area contributed by atoms with Crippen molar-refractivity contribution >= 4 is 0 Å². The van der Waals surface area contributed by atoms with E-state index in [2.05, 4.69) is 25.2 Å². The number of benzene rings is 1. The van der Waals surface area contributed by atoms with E-state index in [0.29, 0.717) is 5.75 Å². The van der Waals surface area contributed by atoms with E-state index in [4.69, 9.17) is 0 Å². The molecule has 0 aliphatic heterocycles. The van der Waals surface area contributed by atoms with Crippen molar-refractivity contribution in [1.82, 2.24) is 5.32 Å². The standard InChI is InChI=1S/C16H27NO/c1-5-9-17-10-7-6-8-15-12(2)11-13(3)16(18)14(15)4/h11,17-18H,5-10H2,1-4H3. The second-order valence-corrected chi connectivity index (χ2v) is 5.17. The molecule has 18 heavy (non-hydrogen) atoms. The third kappa shape index (κ3) is 4.02. The second kappa shape index (κ2) is 7.42.